The summed E-state index contributed by atoms with van der Waals surface area (Å²) in [6, 6.07) is 3.95. The van der Waals surface area contributed by atoms with Crippen LogP contribution in [-0.2, 0) is 10.0 Å². The van der Waals surface area contributed by atoms with Gasteiger partial charge in [0.15, 0.2) is 0 Å². The highest BCUT2D eigenvalue weighted by molar-refractivity contribution is 7.89. The molecule has 3 rings (SSSR count). The summed E-state index contributed by atoms with van der Waals surface area (Å²) in [5.41, 5.74) is 6.50. The summed E-state index contributed by atoms with van der Waals surface area (Å²) in [5, 5.41) is 0. The van der Waals surface area contributed by atoms with Crippen LogP contribution in [0.15, 0.2) is 23.1 Å². The minimum Gasteiger partial charge on any atom is -0.326 e. The van der Waals surface area contributed by atoms with Crippen LogP contribution in [-0.4, -0.2) is 31.9 Å². The largest absolute Gasteiger partial charge is 0.326 e. The number of hydrogen-bond donors (Lipinski definition) is 1. The number of sulfonamides is 1. The van der Waals surface area contributed by atoms with Crippen molar-refractivity contribution in [3.63, 3.8) is 0 Å². The van der Waals surface area contributed by atoms with Gasteiger partial charge in [-0.15, -0.1) is 0 Å². The molecule has 0 spiro atoms. The van der Waals surface area contributed by atoms with E-state index in [0.29, 0.717) is 24.6 Å². The van der Waals surface area contributed by atoms with E-state index in [-0.39, 0.29) is 16.9 Å². The molecule has 0 bridgehead atoms. The molecule has 0 aromatic heterocycles. The van der Waals surface area contributed by atoms with Crippen molar-refractivity contribution in [2.24, 2.45) is 17.6 Å². The van der Waals surface area contributed by atoms with Gasteiger partial charge in [0.2, 0.25) is 10.0 Å². The zero-order valence-corrected chi connectivity index (χ0v) is 12.2. The molecular weight excluding hydrogens is 279 g/mol. The van der Waals surface area contributed by atoms with Crippen molar-refractivity contribution in [3.8, 4) is 0 Å². The Morgan fingerprint density at radius 2 is 2.00 bits per heavy atom. The normalized spacial score (nSPS) is 27.9. The van der Waals surface area contributed by atoms with Crippen molar-refractivity contribution in [1.82, 2.24) is 4.31 Å². The summed E-state index contributed by atoms with van der Waals surface area (Å²) >= 11 is 0. The molecule has 0 unspecified atom stereocenters. The van der Waals surface area contributed by atoms with E-state index in [2.05, 4.69) is 0 Å². The van der Waals surface area contributed by atoms with E-state index >= 15 is 0 Å². The summed E-state index contributed by atoms with van der Waals surface area (Å²) in [4.78, 5) is 0.0178. The van der Waals surface area contributed by atoms with E-state index in [4.69, 9.17) is 5.73 Å². The predicted octanol–water partition coefficient (Wildman–Crippen LogP) is 1.49. The van der Waals surface area contributed by atoms with Crippen LogP contribution >= 0.6 is 0 Å². The van der Waals surface area contributed by atoms with Crippen LogP contribution in [0.25, 0.3) is 0 Å². The first-order chi connectivity index (χ1) is 9.39. The molecule has 0 radical (unpaired) electrons. The minimum absolute atomic E-state index is 0.0178. The lowest BCUT2D eigenvalue weighted by Gasteiger charge is -2.16. The number of rotatable bonds is 3. The van der Waals surface area contributed by atoms with Crippen LogP contribution in [0.5, 0.6) is 0 Å². The summed E-state index contributed by atoms with van der Waals surface area (Å²) in [6.45, 7) is 2.41. The van der Waals surface area contributed by atoms with Gasteiger partial charge in [-0.25, -0.2) is 12.8 Å². The Balaban J connectivity index is 1.86. The molecule has 1 aliphatic heterocycles. The van der Waals surface area contributed by atoms with Gasteiger partial charge >= 0.3 is 0 Å². The third kappa shape index (κ3) is 2.36. The monoisotopic (exact) mass is 298 g/mol. The van der Waals surface area contributed by atoms with Crippen molar-refractivity contribution in [1.29, 1.82) is 0 Å². The van der Waals surface area contributed by atoms with E-state index in [0.717, 1.165) is 18.9 Å². The van der Waals surface area contributed by atoms with Gasteiger partial charge in [-0.05, 0) is 49.3 Å². The predicted molar refractivity (Wildman–Crippen MR) is 74.1 cm³/mol. The second-order valence-corrected chi connectivity index (χ2v) is 7.84. The van der Waals surface area contributed by atoms with Crippen molar-refractivity contribution < 1.29 is 12.8 Å². The van der Waals surface area contributed by atoms with Gasteiger partial charge in [0.25, 0.3) is 0 Å². The molecule has 2 N–H and O–H groups in total. The second kappa shape index (κ2) is 4.79. The van der Waals surface area contributed by atoms with Crippen molar-refractivity contribution in [2.75, 3.05) is 13.1 Å². The smallest absolute Gasteiger partial charge is 0.243 e. The highest BCUT2D eigenvalue weighted by Crippen LogP contribution is 2.41. The number of benzene rings is 1. The first-order valence-electron chi connectivity index (χ1n) is 6.91. The number of halogens is 1. The van der Waals surface area contributed by atoms with E-state index in [9.17, 15) is 12.8 Å². The molecule has 0 amide bonds. The first-order valence-corrected chi connectivity index (χ1v) is 8.35. The second-order valence-electron chi connectivity index (χ2n) is 5.90. The van der Waals surface area contributed by atoms with Crippen LogP contribution < -0.4 is 5.73 Å². The fraction of sp³-hybridized carbons (Fsp3) is 0.571. The molecule has 2 fully saturated rings. The summed E-state index contributed by atoms with van der Waals surface area (Å²) in [7, 11) is -3.64. The van der Waals surface area contributed by atoms with Crippen LogP contribution in [0, 0.1) is 24.6 Å². The molecule has 4 nitrogen and oxygen atoms in total. The standard InChI is InChI=1S/C14H19FN2O2S/c1-9-2-5-11(6-13(9)15)20(18,19)17-7-12(10-3-4-10)14(16)8-17/h2,5-6,10,12,14H,3-4,7-8,16H2,1H3/t12-,14+/m1/s1. The van der Waals surface area contributed by atoms with E-state index < -0.39 is 15.8 Å². The first kappa shape index (κ1) is 14.0. The Kier molecular flexibility index (Phi) is 3.35. The Morgan fingerprint density at radius 1 is 1.30 bits per heavy atom. The fourth-order valence-corrected chi connectivity index (χ4v) is 4.45. The molecule has 1 saturated carbocycles. The Bertz CT molecular complexity index is 628. The molecule has 1 aliphatic carbocycles. The van der Waals surface area contributed by atoms with Gasteiger partial charge in [-0.2, -0.15) is 4.31 Å². The van der Waals surface area contributed by atoms with Crippen LogP contribution in [0.1, 0.15) is 18.4 Å². The van der Waals surface area contributed by atoms with Crippen LogP contribution in [0.2, 0.25) is 0 Å². The lowest BCUT2D eigenvalue weighted by atomic mass is 9.99. The topological polar surface area (TPSA) is 63.4 Å². The highest BCUT2D eigenvalue weighted by Gasteiger charge is 2.44. The van der Waals surface area contributed by atoms with E-state index in [1.54, 1.807) is 6.92 Å². The lowest BCUT2D eigenvalue weighted by molar-refractivity contribution is 0.427. The zero-order chi connectivity index (χ0) is 14.5. The number of aryl methyl sites for hydroxylation is 1. The van der Waals surface area contributed by atoms with Crippen molar-refractivity contribution >= 4 is 10.0 Å². The third-order valence-corrected chi connectivity index (χ3v) is 6.22. The van der Waals surface area contributed by atoms with Gasteiger partial charge in [0.1, 0.15) is 5.82 Å². The molecule has 20 heavy (non-hydrogen) atoms. The molecule has 1 aromatic carbocycles. The molecule has 6 heteroatoms. The maximum absolute atomic E-state index is 13.6. The summed E-state index contributed by atoms with van der Waals surface area (Å²) in [5.74, 6) is 0.327. The third-order valence-electron chi connectivity index (χ3n) is 4.39. The van der Waals surface area contributed by atoms with Crippen LogP contribution in [0.3, 0.4) is 0 Å². The maximum Gasteiger partial charge on any atom is 0.243 e. The average Bonchev–Trinajstić information content (AvgIpc) is 3.15. The van der Waals surface area contributed by atoms with E-state index in [1.807, 2.05) is 0 Å². The maximum atomic E-state index is 13.6. The van der Waals surface area contributed by atoms with Crippen molar-refractivity contribution in [3.05, 3.63) is 29.6 Å². The quantitative estimate of drug-likeness (QED) is 0.919. The fourth-order valence-electron chi connectivity index (χ4n) is 2.92. The molecule has 1 saturated heterocycles. The van der Waals surface area contributed by atoms with Gasteiger partial charge in [0.05, 0.1) is 4.90 Å². The zero-order valence-electron chi connectivity index (χ0n) is 11.4. The minimum atomic E-state index is -3.64. The van der Waals surface area contributed by atoms with Gasteiger partial charge in [-0.3, -0.25) is 0 Å². The molecule has 2 atom stereocenters. The van der Waals surface area contributed by atoms with Gasteiger partial charge < -0.3 is 5.73 Å². The summed E-state index contributed by atoms with van der Waals surface area (Å²) < 4.78 is 40.1. The lowest BCUT2D eigenvalue weighted by Crippen LogP contribution is -2.32. The number of nitrogens with zero attached hydrogens (tertiary/aromatic N) is 1. The van der Waals surface area contributed by atoms with Gasteiger partial charge in [0, 0.05) is 19.1 Å². The number of hydrogen-bond acceptors (Lipinski definition) is 3. The SMILES string of the molecule is Cc1ccc(S(=O)(=O)N2C[C@H](C3CC3)[C@@H](N)C2)cc1F. The Labute approximate surface area is 118 Å². The molecule has 2 aliphatic rings. The number of nitrogens with two attached hydrogens (primary N) is 1. The molecule has 110 valence electrons. The van der Waals surface area contributed by atoms with Crippen LogP contribution in [0.4, 0.5) is 4.39 Å². The van der Waals surface area contributed by atoms with Crippen molar-refractivity contribution in [2.45, 2.75) is 30.7 Å². The molecule has 1 heterocycles. The summed E-state index contributed by atoms with van der Waals surface area (Å²) in [6.07, 6.45) is 2.29. The Morgan fingerprint density at radius 3 is 2.60 bits per heavy atom. The molecular formula is C14H19FN2O2S. The van der Waals surface area contributed by atoms with Gasteiger partial charge in [-0.1, -0.05) is 6.07 Å². The Hall–Kier alpha value is -0.980. The highest BCUT2D eigenvalue weighted by atomic mass is 32.2. The molecule has 1 aromatic rings. The average molecular weight is 298 g/mol. The van der Waals surface area contributed by atoms with E-state index in [1.165, 1.54) is 16.4 Å².